The first kappa shape index (κ1) is 17.3. The molecule has 0 aromatic heterocycles. The van der Waals surface area contributed by atoms with E-state index in [0.717, 1.165) is 5.56 Å². The minimum absolute atomic E-state index is 0.0965. The van der Waals surface area contributed by atoms with Gasteiger partial charge in [0.05, 0.1) is 6.61 Å². The van der Waals surface area contributed by atoms with Crippen LogP contribution >= 0.6 is 0 Å². The standard InChI is InChI=1S/C17H23NO5/c1-12-5-4-6-14(9-12)23-13(2)15(19)18-8-7-17(10-18,11-22-3)16(20)21/h4-6,9,13H,7-8,10-11H2,1-3H3,(H,20,21). The van der Waals surface area contributed by atoms with Crippen LogP contribution in [0.4, 0.5) is 0 Å². The van der Waals surface area contributed by atoms with Crippen molar-refractivity contribution in [1.82, 2.24) is 4.90 Å². The average molecular weight is 321 g/mol. The first-order valence-corrected chi connectivity index (χ1v) is 7.62. The van der Waals surface area contributed by atoms with Crippen molar-refractivity contribution >= 4 is 11.9 Å². The smallest absolute Gasteiger partial charge is 0.313 e. The molecule has 2 unspecified atom stereocenters. The third-order valence-corrected chi connectivity index (χ3v) is 4.19. The van der Waals surface area contributed by atoms with E-state index in [1.807, 2.05) is 25.1 Å². The molecule has 1 fully saturated rings. The quantitative estimate of drug-likeness (QED) is 0.863. The molecule has 1 N–H and O–H groups in total. The van der Waals surface area contributed by atoms with Gasteiger partial charge in [0.15, 0.2) is 6.10 Å². The van der Waals surface area contributed by atoms with Crippen molar-refractivity contribution in [2.45, 2.75) is 26.4 Å². The zero-order valence-corrected chi connectivity index (χ0v) is 13.7. The van der Waals surface area contributed by atoms with Gasteiger partial charge in [0, 0.05) is 20.2 Å². The van der Waals surface area contributed by atoms with Crippen LogP contribution < -0.4 is 4.74 Å². The predicted octanol–water partition coefficient (Wildman–Crippen LogP) is 1.71. The highest BCUT2D eigenvalue weighted by molar-refractivity contribution is 5.83. The van der Waals surface area contributed by atoms with Crippen molar-refractivity contribution in [2.75, 3.05) is 26.8 Å². The molecule has 1 heterocycles. The number of benzene rings is 1. The van der Waals surface area contributed by atoms with Crippen LogP contribution in [-0.2, 0) is 14.3 Å². The molecule has 126 valence electrons. The number of nitrogens with zero attached hydrogens (tertiary/aromatic N) is 1. The van der Waals surface area contributed by atoms with Crippen molar-refractivity contribution < 1.29 is 24.2 Å². The van der Waals surface area contributed by atoms with Gasteiger partial charge in [-0.25, -0.2) is 0 Å². The molecule has 1 aliphatic heterocycles. The van der Waals surface area contributed by atoms with E-state index in [2.05, 4.69) is 0 Å². The van der Waals surface area contributed by atoms with E-state index in [1.165, 1.54) is 7.11 Å². The first-order chi connectivity index (χ1) is 10.9. The number of carbonyl (C=O) groups is 2. The van der Waals surface area contributed by atoms with Gasteiger partial charge in [-0.15, -0.1) is 0 Å². The predicted molar refractivity (Wildman–Crippen MR) is 84.4 cm³/mol. The number of rotatable bonds is 6. The number of aryl methyl sites for hydroxylation is 1. The molecule has 6 heteroatoms. The Labute approximate surface area is 136 Å². The lowest BCUT2D eigenvalue weighted by molar-refractivity contribution is -0.152. The van der Waals surface area contributed by atoms with Gasteiger partial charge < -0.3 is 19.5 Å². The number of amides is 1. The summed E-state index contributed by atoms with van der Waals surface area (Å²) < 4.78 is 10.7. The fourth-order valence-corrected chi connectivity index (χ4v) is 2.89. The van der Waals surface area contributed by atoms with E-state index in [0.29, 0.717) is 18.7 Å². The Balaban J connectivity index is 2.02. The molecule has 0 bridgehead atoms. The maximum Gasteiger partial charge on any atom is 0.313 e. The molecule has 1 aromatic carbocycles. The zero-order chi connectivity index (χ0) is 17.0. The topological polar surface area (TPSA) is 76.1 Å². The molecule has 1 aromatic rings. The van der Waals surface area contributed by atoms with Crippen molar-refractivity contribution in [3.8, 4) is 5.75 Å². The fourth-order valence-electron chi connectivity index (χ4n) is 2.89. The minimum atomic E-state index is -1.02. The summed E-state index contributed by atoms with van der Waals surface area (Å²) in [5.74, 6) is -0.501. The lowest BCUT2D eigenvalue weighted by Crippen LogP contribution is -2.43. The van der Waals surface area contributed by atoms with Gasteiger partial charge in [0.25, 0.3) is 5.91 Å². The summed E-state index contributed by atoms with van der Waals surface area (Å²) >= 11 is 0. The Hall–Kier alpha value is -2.08. The first-order valence-electron chi connectivity index (χ1n) is 7.62. The molecular weight excluding hydrogens is 298 g/mol. The number of likely N-dealkylation sites (tertiary alicyclic amines) is 1. The highest BCUT2D eigenvalue weighted by Gasteiger charge is 2.47. The third kappa shape index (κ3) is 3.82. The average Bonchev–Trinajstić information content (AvgIpc) is 2.92. The molecule has 2 atom stereocenters. The number of methoxy groups -OCH3 is 1. The van der Waals surface area contributed by atoms with Gasteiger partial charge >= 0.3 is 5.97 Å². The third-order valence-electron chi connectivity index (χ3n) is 4.19. The van der Waals surface area contributed by atoms with E-state index in [-0.39, 0.29) is 19.1 Å². The van der Waals surface area contributed by atoms with Crippen molar-refractivity contribution in [3.05, 3.63) is 29.8 Å². The highest BCUT2D eigenvalue weighted by atomic mass is 16.5. The summed E-state index contributed by atoms with van der Waals surface area (Å²) in [5.41, 5.74) is 0.0290. The molecule has 0 spiro atoms. The second kappa shape index (κ2) is 7.00. The lowest BCUT2D eigenvalue weighted by atomic mass is 9.88. The Bertz CT molecular complexity index is 588. The molecule has 1 aliphatic rings. The second-order valence-corrected chi connectivity index (χ2v) is 6.10. The molecule has 0 aliphatic carbocycles. The summed E-state index contributed by atoms with van der Waals surface area (Å²) in [6, 6.07) is 7.48. The van der Waals surface area contributed by atoms with Gasteiger partial charge in [0.2, 0.25) is 0 Å². The van der Waals surface area contributed by atoms with E-state index >= 15 is 0 Å². The van der Waals surface area contributed by atoms with Gasteiger partial charge in [-0.2, -0.15) is 0 Å². The zero-order valence-electron chi connectivity index (χ0n) is 13.7. The van der Waals surface area contributed by atoms with Crippen molar-refractivity contribution in [3.63, 3.8) is 0 Å². The van der Waals surface area contributed by atoms with Gasteiger partial charge in [-0.3, -0.25) is 9.59 Å². The van der Waals surface area contributed by atoms with Gasteiger partial charge in [0.1, 0.15) is 11.2 Å². The number of ether oxygens (including phenoxy) is 2. The monoisotopic (exact) mass is 321 g/mol. The summed E-state index contributed by atoms with van der Waals surface area (Å²) in [5, 5.41) is 9.45. The normalized spacial score (nSPS) is 22.0. The SMILES string of the molecule is COCC1(C(=O)O)CCN(C(=O)C(C)Oc2cccc(C)c2)C1. The van der Waals surface area contributed by atoms with E-state index in [9.17, 15) is 14.7 Å². The Kier molecular flexibility index (Phi) is 5.26. The van der Waals surface area contributed by atoms with Crippen LogP contribution in [0.25, 0.3) is 0 Å². The molecule has 1 amide bonds. The van der Waals surface area contributed by atoms with Crippen LogP contribution in [0.5, 0.6) is 5.75 Å². The largest absolute Gasteiger partial charge is 0.481 e. The van der Waals surface area contributed by atoms with Crippen molar-refractivity contribution in [1.29, 1.82) is 0 Å². The Morgan fingerprint density at radius 1 is 1.43 bits per heavy atom. The summed E-state index contributed by atoms with van der Waals surface area (Å²) in [7, 11) is 1.47. The molecule has 0 saturated carbocycles. The van der Waals surface area contributed by atoms with Crippen LogP contribution in [-0.4, -0.2) is 54.8 Å². The number of carboxylic acid groups (broad SMARTS) is 1. The van der Waals surface area contributed by atoms with Crippen LogP contribution in [0.15, 0.2) is 24.3 Å². The Morgan fingerprint density at radius 3 is 2.78 bits per heavy atom. The van der Waals surface area contributed by atoms with E-state index in [4.69, 9.17) is 9.47 Å². The maximum atomic E-state index is 12.5. The van der Waals surface area contributed by atoms with Crippen molar-refractivity contribution in [2.24, 2.45) is 5.41 Å². The van der Waals surface area contributed by atoms with Crippen LogP contribution in [0.2, 0.25) is 0 Å². The number of carbonyl (C=O) groups excluding carboxylic acids is 1. The number of hydrogen-bond donors (Lipinski definition) is 1. The molecule has 6 nitrogen and oxygen atoms in total. The molecule has 0 radical (unpaired) electrons. The van der Waals surface area contributed by atoms with Crippen LogP contribution in [0.1, 0.15) is 18.9 Å². The molecular formula is C17H23NO5. The van der Waals surface area contributed by atoms with Gasteiger partial charge in [-0.1, -0.05) is 12.1 Å². The molecule has 23 heavy (non-hydrogen) atoms. The highest BCUT2D eigenvalue weighted by Crippen LogP contribution is 2.32. The number of aliphatic carboxylic acids is 1. The summed E-state index contributed by atoms with van der Waals surface area (Å²) in [6.07, 6.45) is -0.275. The Morgan fingerprint density at radius 2 is 2.17 bits per heavy atom. The van der Waals surface area contributed by atoms with E-state index < -0.39 is 17.5 Å². The number of hydrogen-bond acceptors (Lipinski definition) is 4. The minimum Gasteiger partial charge on any atom is -0.481 e. The van der Waals surface area contributed by atoms with Crippen LogP contribution in [0.3, 0.4) is 0 Å². The molecule has 2 rings (SSSR count). The fraction of sp³-hybridized carbons (Fsp3) is 0.529. The summed E-state index contributed by atoms with van der Waals surface area (Å²) in [4.78, 5) is 25.6. The summed E-state index contributed by atoms with van der Waals surface area (Å²) in [6.45, 7) is 4.28. The molecule has 1 saturated heterocycles. The maximum absolute atomic E-state index is 12.5. The number of carboxylic acids is 1. The lowest BCUT2D eigenvalue weighted by Gasteiger charge is -2.25. The van der Waals surface area contributed by atoms with Gasteiger partial charge in [-0.05, 0) is 38.0 Å². The van der Waals surface area contributed by atoms with Crippen LogP contribution in [0, 0.1) is 12.3 Å². The van der Waals surface area contributed by atoms with E-state index in [1.54, 1.807) is 17.9 Å². The second-order valence-electron chi connectivity index (χ2n) is 6.10.